The zero-order valence-electron chi connectivity index (χ0n) is 14.6. The lowest BCUT2D eigenvalue weighted by Crippen LogP contribution is -2.05. The molecule has 2 aromatic carbocycles. The minimum atomic E-state index is -0.469. The van der Waals surface area contributed by atoms with Crippen LogP contribution in [-0.2, 0) is 9.53 Å². The molecule has 0 radical (unpaired) electrons. The van der Waals surface area contributed by atoms with Crippen LogP contribution in [0.25, 0.3) is 6.08 Å². The molecule has 25 heavy (non-hydrogen) atoms. The number of carbonyl (C=O) groups excluding carboxylic acids is 1. The van der Waals surface area contributed by atoms with Gasteiger partial charge in [-0.15, -0.1) is 0 Å². The molecule has 0 saturated carbocycles. The van der Waals surface area contributed by atoms with Crippen LogP contribution in [0, 0.1) is 13.8 Å². The van der Waals surface area contributed by atoms with Gasteiger partial charge in [0.05, 0.1) is 14.2 Å². The van der Waals surface area contributed by atoms with Crippen LogP contribution in [0.15, 0.2) is 47.1 Å². The molecule has 0 spiro atoms. The third kappa shape index (κ3) is 3.40. The zero-order valence-corrected chi connectivity index (χ0v) is 14.6. The van der Waals surface area contributed by atoms with Crippen LogP contribution in [0.1, 0.15) is 22.3 Å². The van der Waals surface area contributed by atoms with Crippen molar-refractivity contribution in [1.82, 2.24) is 0 Å². The molecule has 128 valence electrons. The Labute approximate surface area is 146 Å². The van der Waals surface area contributed by atoms with E-state index in [9.17, 15) is 4.79 Å². The predicted octanol–water partition coefficient (Wildman–Crippen LogP) is 3.67. The fraction of sp³-hybridized carbons (Fsp3) is 0.200. The molecule has 1 aliphatic heterocycles. The number of carbonyl (C=O) groups is 1. The summed E-state index contributed by atoms with van der Waals surface area (Å²) >= 11 is 0. The van der Waals surface area contributed by atoms with Gasteiger partial charge in [0, 0.05) is 5.56 Å². The second-order valence-corrected chi connectivity index (χ2v) is 5.75. The standard InChI is InChI=1S/C20H19NO4/c1-12-5-7-15(9-13(12)2)19-21-16(20(22)25-19)10-14-6-8-17(23-3)18(11-14)24-4/h5-11H,1-4H3/b16-10+. The number of ether oxygens (including phenoxy) is 3. The monoisotopic (exact) mass is 337 g/mol. The molecule has 0 amide bonds. The van der Waals surface area contributed by atoms with Gasteiger partial charge in [0.1, 0.15) is 0 Å². The van der Waals surface area contributed by atoms with E-state index in [1.807, 2.05) is 38.1 Å². The average molecular weight is 337 g/mol. The fourth-order valence-corrected chi connectivity index (χ4v) is 2.51. The summed E-state index contributed by atoms with van der Waals surface area (Å²) in [6.07, 6.45) is 1.67. The van der Waals surface area contributed by atoms with Crippen molar-refractivity contribution >= 4 is 17.9 Å². The van der Waals surface area contributed by atoms with Gasteiger partial charge in [-0.2, -0.15) is 0 Å². The van der Waals surface area contributed by atoms with Gasteiger partial charge in [-0.3, -0.25) is 0 Å². The quantitative estimate of drug-likeness (QED) is 0.631. The third-order valence-corrected chi connectivity index (χ3v) is 4.09. The maximum atomic E-state index is 12.1. The molecule has 0 atom stereocenters. The first-order valence-electron chi connectivity index (χ1n) is 7.84. The largest absolute Gasteiger partial charge is 0.493 e. The van der Waals surface area contributed by atoms with Crippen LogP contribution >= 0.6 is 0 Å². The topological polar surface area (TPSA) is 57.1 Å². The molecule has 0 bridgehead atoms. The van der Waals surface area contributed by atoms with Gasteiger partial charge < -0.3 is 14.2 Å². The maximum absolute atomic E-state index is 12.1. The van der Waals surface area contributed by atoms with E-state index in [0.29, 0.717) is 17.4 Å². The van der Waals surface area contributed by atoms with E-state index in [1.54, 1.807) is 32.4 Å². The van der Waals surface area contributed by atoms with Crippen molar-refractivity contribution in [2.24, 2.45) is 4.99 Å². The number of aliphatic imine (C=N–C) groups is 1. The molecule has 1 heterocycles. The summed E-state index contributed by atoms with van der Waals surface area (Å²) in [5.74, 6) is 1.06. The summed E-state index contributed by atoms with van der Waals surface area (Å²) in [6, 6.07) is 11.2. The molecule has 5 heteroatoms. The fourth-order valence-electron chi connectivity index (χ4n) is 2.51. The number of hydrogen-bond acceptors (Lipinski definition) is 5. The minimum Gasteiger partial charge on any atom is -0.493 e. The number of hydrogen-bond donors (Lipinski definition) is 0. The smallest absolute Gasteiger partial charge is 0.363 e. The summed E-state index contributed by atoms with van der Waals surface area (Å²) < 4.78 is 15.8. The summed E-state index contributed by atoms with van der Waals surface area (Å²) in [5.41, 5.74) is 4.10. The van der Waals surface area contributed by atoms with Crippen LogP contribution in [0.5, 0.6) is 11.5 Å². The minimum absolute atomic E-state index is 0.250. The van der Waals surface area contributed by atoms with E-state index in [-0.39, 0.29) is 5.70 Å². The highest BCUT2D eigenvalue weighted by Gasteiger charge is 2.24. The second-order valence-electron chi connectivity index (χ2n) is 5.75. The Morgan fingerprint density at radius 1 is 0.960 bits per heavy atom. The number of esters is 1. The van der Waals surface area contributed by atoms with Crippen molar-refractivity contribution in [2.45, 2.75) is 13.8 Å². The molecular formula is C20H19NO4. The highest BCUT2D eigenvalue weighted by Crippen LogP contribution is 2.29. The van der Waals surface area contributed by atoms with Gasteiger partial charge in [0.25, 0.3) is 0 Å². The Balaban J connectivity index is 1.94. The molecule has 1 aliphatic rings. The number of nitrogens with zero attached hydrogens (tertiary/aromatic N) is 1. The first-order valence-corrected chi connectivity index (χ1v) is 7.84. The van der Waals surface area contributed by atoms with E-state index in [0.717, 1.165) is 16.7 Å². The number of rotatable bonds is 4. The predicted molar refractivity (Wildman–Crippen MR) is 96.1 cm³/mol. The average Bonchev–Trinajstić information content (AvgIpc) is 2.97. The van der Waals surface area contributed by atoms with Crippen molar-refractivity contribution in [3.63, 3.8) is 0 Å². The molecule has 0 aromatic heterocycles. The SMILES string of the molecule is COc1ccc(/C=C2/N=C(c3ccc(C)c(C)c3)OC2=O)cc1OC. The normalized spacial score (nSPS) is 15.1. The van der Waals surface area contributed by atoms with Crippen LogP contribution < -0.4 is 9.47 Å². The van der Waals surface area contributed by atoms with E-state index >= 15 is 0 Å². The van der Waals surface area contributed by atoms with Crippen LogP contribution in [0.2, 0.25) is 0 Å². The molecule has 3 rings (SSSR count). The molecule has 5 nitrogen and oxygen atoms in total. The molecule has 2 aromatic rings. The molecule has 0 unspecified atom stereocenters. The van der Waals surface area contributed by atoms with Crippen molar-refractivity contribution in [2.75, 3.05) is 14.2 Å². The highest BCUT2D eigenvalue weighted by molar-refractivity contribution is 6.12. The van der Waals surface area contributed by atoms with Gasteiger partial charge in [0.15, 0.2) is 17.2 Å². The summed E-state index contributed by atoms with van der Waals surface area (Å²) in [6.45, 7) is 4.04. The van der Waals surface area contributed by atoms with Gasteiger partial charge in [-0.05, 0) is 60.9 Å². The molecule has 0 fully saturated rings. The Hall–Kier alpha value is -3.08. The van der Waals surface area contributed by atoms with Gasteiger partial charge >= 0.3 is 5.97 Å². The van der Waals surface area contributed by atoms with Crippen LogP contribution in [-0.4, -0.2) is 26.1 Å². The van der Waals surface area contributed by atoms with Crippen LogP contribution in [0.3, 0.4) is 0 Å². The van der Waals surface area contributed by atoms with Crippen molar-refractivity contribution in [3.8, 4) is 11.5 Å². The lowest BCUT2D eigenvalue weighted by Gasteiger charge is -2.07. The maximum Gasteiger partial charge on any atom is 0.363 e. The zero-order chi connectivity index (χ0) is 18.0. The first-order chi connectivity index (χ1) is 12.0. The van der Waals surface area contributed by atoms with Crippen molar-refractivity contribution in [3.05, 3.63) is 64.3 Å². The Morgan fingerprint density at radius 3 is 2.40 bits per heavy atom. The third-order valence-electron chi connectivity index (χ3n) is 4.09. The second kappa shape index (κ2) is 6.81. The Kier molecular flexibility index (Phi) is 4.57. The van der Waals surface area contributed by atoms with E-state index in [1.165, 1.54) is 5.56 Å². The van der Waals surface area contributed by atoms with Gasteiger partial charge in [0.2, 0.25) is 5.90 Å². The molecule has 0 N–H and O–H groups in total. The Morgan fingerprint density at radius 2 is 1.72 bits per heavy atom. The van der Waals surface area contributed by atoms with E-state index < -0.39 is 5.97 Å². The molecule has 0 saturated heterocycles. The van der Waals surface area contributed by atoms with E-state index in [4.69, 9.17) is 14.2 Å². The van der Waals surface area contributed by atoms with Crippen molar-refractivity contribution < 1.29 is 19.0 Å². The summed E-state index contributed by atoms with van der Waals surface area (Å²) in [5, 5.41) is 0. The lowest BCUT2D eigenvalue weighted by molar-refractivity contribution is -0.129. The van der Waals surface area contributed by atoms with Gasteiger partial charge in [-0.1, -0.05) is 12.1 Å². The highest BCUT2D eigenvalue weighted by atomic mass is 16.6. The first kappa shape index (κ1) is 16.8. The summed E-state index contributed by atoms with van der Waals surface area (Å²) in [7, 11) is 3.14. The number of methoxy groups -OCH3 is 2. The van der Waals surface area contributed by atoms with Crippen molar-refractivity contribution in [1.29, 1.82) is 0 Å². The number of aryl methyl sites for hydroxylation is 2. The summed E-state index contributed by atoms with van der Waals surface area (Å²) in [4.78, 5) is 16.5. The Bertz CT molecular complexity index is 897. The number of benzene rings is 2. The van der Waals surface area contributed by atoms with E-state index in [2.05, 4.69) is 4.99 Å². The molecular weight excluding hydrogens is 318 g/mol. The van der Waals surface area contributed by atoms with Crippen LogP contribution in [0.4, 0.5) is 0 Å². The van der Waals surface area contributed by atoms with Gasteiger partial charge in [-0.25, -0.2) is 9.79 Å². The molecule has 0 aliphatic carbocycles. The lowest BCUT2D eigenvalue weighted by atomic mass is 10.1. The number of cyclic esters (lactones) is 1.